The number of hydrogen-bond acceptors (Lipinski definition) is 4. The van der Waals surface area contributed by atoms with Crippen molar-refractivity contribution in [2.24, 2.45) is 13.0 Å². The van der Waals surface area contributed by atoms with E-state index in [9.17, 15) is 9.59 Å². The summed E-state index contributed by atoms with van der Waals surface area (Å²) in [4.78, 5) is 26.4. The lowest BCUT2D eigenvalue weighted by atomic mass is 9.82. The Labute approximate surface area is 142 Å². The summed E-state index contributed by atoms with van der Waals surface area (Å²) in [5.41, 5.74) is 0.429. The number of nitrogens with zero attached hydrogens (tertiary/aromatic N) is 3. The zero-order valence-corrected chi connectivity index (χ0v) is 14.5. The Morgan fingerprint density at radius 1 is 1.38 bits per heavy atom. The number of carbonyl (C=O) groups excluding carboxylic acids is 2. The molecule has 132 valence electrons. The van der Waals surface area contributed by atoms with Crippen molar-refractivity contribution in [2.45, 2.75) is 37.6 Å². The summed E-state index contributed by atoms with van der Waals surface area (Å²) in [6, 6.07) is 0. The fourth-order valence-electron chi connectivity index (χ4n) is 3.57. The molecule has 7 heteroatoms. The van der Waals surface area contributed by atoms with Gasteiger partial charge >= 0.3 is 0 Å². The lowest BCUT2D eigenvalue weighted by molar-refractivity contribution is -0.127. The molecule has 1 N–H and O–H groups in total. The van der Waals surface area contributed by atoms with Gasteiger partial charge in [0.15, 0.2) is 0 Å². The van der Waals surface area contributed by atoms with Gasteiger partial charge in [0.1, 0.15) is 6.61 Å². The Balaban J connectivity index is 1.62. The molecule has 0 aromatic carbocycles. The van der Waals surface area contributed by atoms with Crippen LogP contribution in [0.15, 0.2) is 12.4 Å². The first-order chi connectivity index (χ1) is 11.5. The van der Waals surface area contributed by atoms with Crippen LogP contribution in [-0.4, -0.2) is 58.8 Å². The third kappa shape index (κ3) is 3.95. The predicted octanol–water partition coefficient (Wildman–Crippen LogP) is 0.958. The maximum Gasteiger partial charge on any atom is 0.257 e. The van der Waals surface area contributed by atoms with Crippen LogP contribution in [-0.2, 0) is 16.6 Å². The molecule has 0 spiro atoms. The molecule has 3 rings (SSSR count). The van der Waals surface area contributed by atoms with Crippen molar-refractivity contribution in [1.29, 1.82) is 0 Å². The number of piperidine rings is 1. The van der Waals surface area contributed by atoms with Crippen LogP contribution in [0.25, 0.3) is 0 Å². The number of amides is 2. The molecular formula is C17H26N4O3. The van der Waals surface area contributed by atoms with Gasteiger partial charge in [-0.05, 0) is 25.2 Å². The Kier molecular flexibility index (Phi) is 4.89. The van der Waals surface area contributed by atoms with Crippen molar-refractivity contribution in [3.05, 3.63) is 18.0 Å². The first-order valence-corrected chi connectivity index (χ1v) is 8.59. The monoisotopic (exact) mass is 334 g/mol. The Hall–Kier alpha value is -1.89. The van der Waals surface area contributed by atoms with E-state index in [0.29, 0.717) is 24.6 Å². The lowest BCUT2D eigenvalue weighted by Crippen LogP contribution is -2.57. The number of hydrogen-bond donors (Lipinski definition) is 1. The summed E-state index contributed by atoms with van der Waals surface area (Å²) in [7, 11) is 3.33. The summed E-state index contributed by atoms with van der Waals surface area (Å²) < 4.78 is 6.58. The van der Waals surface area contributed by atoms with Gasteiger partial charge in [0, 0.05) is 39.0 Å². The first-order valence-electron chi connectivity index (χ1n) is 8.59. The van der Waals surface area contributed by atoms with Gasteiger partial charge in [-0.1, -0.05) is 12.8 Å². The fourth-order valence-corrected chi connectivity index (χ4v) is 3.57. The molecule has 0 unspecified atom stereocenters. The molecule has 2 heterocycles. The third-order valence-electron chi connectivity index (χ3n) is 5.02. The second-order valence-corrected chi connectivity index (χ2v) is 7.10. The van der Waals surface area contributed by atoms with E-state index < -0.39 is 0 Å². The van der Waals surface area contributed by atoms with E-state index in [0.717, 1.165) is 19.3 Å². The van der Waals surface area contributed by atoms with Crippen LogP contribution in [0.2, 0.25) is 0 Å². The normalized spacial score (nSPS) is 20.0. The van der Waals surface area contributed by atoms with Gasteiger partial charge in [-0.25, -0.2) is 0 Å². The Morgan fingerprint density at radius 3 is 2.62 bits per heavy atom. The number of nitrogens with one attached hydrogen (secondary N) is 1. The molecule has 2 fully saturated rings. The number of aryl methyl sites for hydroxylation is 1. The van der Waals surface area contributed by atoms with Crippen LogP contribution in [0.3, 0.4) is 0 Å². The van der Waals surface area contributed by atoms with E-state index in [1.54, 1.807) is 24.1 Å². The van der Waals surface area contributed by atoms with Crippen LogP contribution in [0, 0.1) is 5.92 Å². The molecule has 0 atom stereocenters. The minimum atomic E-state index is -0.192. The third-order valence-corrected chi connectivity index (χ3v) is 5.02. The number of aromatic nitrogens is 2. The van der Waals surface area contributed by atoms with Gasteiger partial charge in [-0.15, -0.1) is 0 Å². The smallest absolute Gasteiger partial charge is 0.257 e. The Bertz CT molecular complexity index is 601. The molecule has 1 saturated heterocycles. The van der Waals surface area contributed by atoms with Crippen LogP contribution >= 0.6 is 0 Å². The van der Waals surface area contributed by atoms with Crippen LogP contribution in [0.1, 0.15) is 42.5 Å². The number of ether oxygens (including phenoxy) is 1. The topological polar surface area (TPSA) is 76.5 Å². The van der Waals surface area contributed by atoms with E-state index in [4.69, 9.17) is 4.74 Å². The zero-order chi connectivity index (χ0) is 17.2. The fraction of sp³-hybridized carbons (Fsp3) is 0.706. The highest BCUT2D eigenvalue weighted by molar-refractivity contribution is 5.93. The standard InChI is InChI=1S/C17H26N4O3/c1-20-11-14(10-18-20)16(23)21-7-5-17(6-8-21,9-13-3-4-13)19-15(22)12-24-2/h10-11,13H,3-9,12H2,1-2H3,(H,19,22). The molecule has 1 aromatic rings. The maximum atomic E-state index is 12.5. The molecule has 1 aromatic heterocycles. The SMILES string of the molecule is COCC(=O)NC1(CC2CC2)CCN(C(=O)c2cnn(C)c2)CC1. The van der Waals surface area contributed by atoms with E-state index in [2.05, 4.69) is 10.4 Å². The number of methoxy groups -OCH3 is 1. The largest absolute Gasteiger partial charge is 0.375 e. The molecule has 1 aliphatic carbocycles. The minimum Gasteiger partial charge on any atom is -0.375 e. The number of rotatable bonds is 6. The van der Waals surface area contributed by atoms with Crippen LogP contribution in [0.4, 0.5) is 0 Å². The van der Waals surface area contributed by atoms with Gasteiger partial charge in [0.05, 0.1) is 11.8 Å². The Morgan fingerprint density at radius 2 is 2.08 bits per heavy atom. The average Bonchev–Trinajstić information content (AvgIpc) is 3.24. The molecule has 1 aliphatic heterocycles. The quantitative estimate of drug-likeness (QED) is 0.841. The van der Waals surface area contributed by atoms with Crippen molar-refractivity contribution in [1.82, 2.24) is 20.0 Å². The van der Waals surface area contributed by atoms with E-state index >= 15 is 0 Å². The maximum absolute atomic E-state index is 12.5. The second-order valence-electron chi connectivity index (χ2n) is 7.10. The predicted molar refractivity (Wildman–Crippen MR) is 88.4 cm³/mol. The van der Waals surface area contributed by atoms with Crippen molar-refractivity contribution in [3.8, 4) is 0 Å². The number of likely N-dealkylation sites (tertiary alicyclic amines) is 1. The molecule has 2 aliphatic rings. The summed E-state index contributed by atoms with van der Waals surface area (Å²) in [6.07, 6.45) is 8.46. The molecule has 2 amide bonds. The summed E-state index contributed by atoms with van der Waals surface area (Å²) in [6.45, 7) is 1.41. The van der Waals surface area contributed by atoms with Gasteiger partial charge in [-0.2, -0.15) is 5.10 Å². The molecule has 7 nitrogen and oxygen atoms in total. The first kappa shape index (κ1) is 17.0. The zero-order valence-electron chi connectivity index (χ0n) is 14.5. The highest BCUT2D eigenvalue weighted by Crippen LogP contribution is 2.40. The molecule has 0 bridgehead atoms. The van der Waals surface area contributed by atoms with Crippen molar-refractivity contribution in [2.75, 3.05) is 26.8 Å². The van der Waals surface area contributed by atoms with E-state index in [-0.39, 0.29) is 24.0 Å². The average molecular weight is 334 g/mol. The second kappa shape index (κ2) is 6.93. The minimum absolute atomic E-state index is 0.0198. The highest BCUT2D eigenvalue weighted by Gasteiger charge is 2.41. The van der Waals surface area contributed by atoms with Gasteiger partial charge in [0.2, 0.25) is 5.91 Å². The van der Waals surface area contributed by atoms with E-state index in [1.807, 2.05) is 4.90 Å². The molecule has 24 heavy (non-hydrogen) atoms. The van der Waals surface area contributed by atoms with Gasteiger partial charge in [-0.3, -0.25) is 14.3 Å². The lowest BCUT2D eigenvalue weighted by Gasteiger charge is -2.42. The van der Waals surface area contributed by atoms with Crippen LogP contribution < -0.4 is 5.32 Å². The van der Waals surface area contributed by atoms with E-state index in [1.165, 1.54) is 20.0 Å². The number of carbonyl (C=O) groups is 2. The summed E-state index contributed by atoms with van der Waals surface area (Å²) >= 11 is 0. The van der Waals surface area contributed by atoms with Gasteiger partial charge < -0.3 is 15.0 Å². The molecule has 0 radical (unpaired) electrons. The van der Waals surface area contributed by atoms with Gasteiger partial charge in [0.25, 0.3) is 5.91 Å². The van der Waals surface area contributed by atoms with Crippen molar-refractivity contribution >= 4 is 11.8 Å². The molecule has 1 saturated carbocycles. The van der Waals surface area contributed by atoms with Crippen LogP contribution in [0.5, 0.6) is 0 Å². The van der Waals surface area contributed by atoms with Crippen molar-refractivity contribution < 1.29 is 14.3 Å². The van der Waals surface area contributed by atoms with Crippen molar-refractivity contribution in [3.63, 3.8) is 0 Å². The highest BCUT2D eigenvalue weighted by atomic mass is 16.5. The summed E-state index contributed by atoms with van der Waals surface area (Å²) in [5.74, 6) is 0.671. The molecular weight excluding hydrogens is 308 g/mol. The summed E-state index contributed by atoms with van der Waals surface area (Å²) in [5, 5.41) is 7.26.